The minimum Gasteiger partial charge on any atom is -0.367 e. The minimum absolute atomic E-state index is 0.129. The Labute approximate surface area is 125 Å². The summed E-state index contributed by atoms with van der Waals surface area (Å²) in [5.74, 6) is 0.428. The molecule has 2 rings (SSSR count). The number of urea groups is 1. The molecule has 108 valence electrons. The topological polar surface area (TPSA) is 97.1 Å². The predicted molar refractivity (Wildman–Crippen MR) is 79.0 cm³/mol. The zero-order valence-corrected chi connectivity index (χ0v) is 12.5. The highest BCUT2D eigenvalue weighted by molar-refractivity contribution is 9.10. The van der Waals surface area contributed by atoms with Crippen molar-refractivity contribution >= 4 is 33.7 Å². The van der Waals surface area contributed by atoms with Crippen molar-refractivity contribution in [2.24, 2.45) is 11.7 Å². The van der Waals surface area contributed by atoms with Crippen LogP contribution in [0, 0.1) is 5.92 Å². The zero-order chi connectivity index (χ0) is 14.5. The van der Waals surface area contributed by atoms with Crippen molar-refractivity contribution in [2.45, 2.75) is 31.7 Å². The number of rotatable bonds is 3. The Kier molecular flexibility index (Phi) is 4.94. The van der Waals surface area contributed by atoms with Gasteiger partial charge in [0.1, 0.15) is 5.82 Å². The molecule has 0 radical (unpaired) electrons. The van der Waals surface area contributed by atoms with E-state index in [1.54, 1.807) is 6.20 Å². The maximum absolute atomic E-state index is 11.7. The van der Waals surface area contributed by atoms with Gasteiger partial charge in [0, 0.05) is 22.6 Å². The highest BCUT2D eigenvalue weighted by Gasteiger charge is 2.26. The molecule has 3 amide bonds. The van der Waals surface area contributed by atoms with E-state index in [4.69, 9.17) is 5.73 Å². The summed E-state index contributed by atoms with van der Waals surface area (Å²) in [5, 5.41) is 5.50. The Morgan fingerprint density at radius 2 is 2.00 bits per heavy atom. The average molecular weight is 341 g/mol. The van der Waals surface area contributed by atoms with Crippen molar-refractivity contribution in [3.05, 3.63) is 22.8 Å². The third-order valence-electron chi connectivity index (χ3n) is 3.42. The molecule has 1 aliphatic rings. The highest BCUT2D eigenvalue weighted by atomic mass is 79.9. The van der Waals surface area contributed by atoms with Crippen LogP contribution in [0.2, 0.25) is 0 Å². The Morgan fingerprint density at radius 1 is 1.30 bits per heavy atom. The lowest BCUT2D eigenvalue weighted by Crippen LogP contribution is -2.41. The number of anilines is 1. The molecule has 0 spiro atoms. The van der Waals surface area contributed by atoms with E-state index in [1.165, 1.54) is 0 Å². The van der Waals surface area contributed by atoms with Crippen molar-refractivity contribution in [3.63, 3.8) is 0 Å². The Balaban J connectivity index is 1.82. The van der Waals surface area contributed by atoms with Crippen LogP contribution in [0.5, 0.6) is 0 Å². The van der Waals surface area contributed by atoms with Gasteiger partial charge in [-0.05, 0) is 37.8 Å². The fraction of sp³-hybridized carbons (Fsp3) is 0.462. The van der Waals surface area contributed by atoms with Gasteiger partial charge in [0.05, 0.1) is 0 Å². The number of nitrogens with two attached hydrogens (primary N) is 1. The van der Waals surface area contributed by atoms with Crippen LogP contribution in [0.15, 0.2) is 22.8 Å². The number of imide groups is 1. The molecule has 7 heteroatoms. The molecule has 4 N–H and O–H groups in total. The van der Waals surface area contributed by atoms with Crippen LogP contribution in [0.25, 0.3) is 0 Å². The second-order valence-corrected chi connectivity index (χ2v) is 5.82. The quantitative estimate of drug-likeness (QED) is 0.783. The second-order valence-electron chi connectivity index (χ2n) is 4.91. The molecule has 1 fully saturated rings. The fourth-order valence-electron chi connectivity index (χ4n) is 2.42. The van der Waals surface area contributed by atoms with Gasteiger partial charge < -0.3 is 11.1 Å². The van der Waals surface area contributed by atoms with Gasteiger partial charge in [-0.2, -0.15) is 0 Å². The summed E-state index contributed by atoms with van der Waals surface area (Å²) in [7, 11) is 0. The molecule has 0 bridgehead atoms. The smallest absolute Gasteiger partial charge is 0.318 e. The van der Waals surface area contributed by atoms with E-state index < -0.39 is 6.03 Å². The van der Waals surface area contributed by atoms with Crippen molar-refractivity contribution in [1.82, 2.24) is 10.3 Å². The molecule has 0 atom stereocenters. The monoisotopic (exact) mass is 340 g/mol. The molecule has 1 aliphatic carbocycles. The van der Waals surface area contributed by atoms with Crippen LogP contribution in [-0.4, -0.2) is 23.0 Å². The first-order chi connectivity index (χ1) is 9.54. The SMILES string of the molecule is NC(=O)NC(=O)C1CCC(Nc2cc(Br)ccn2)CC1. The Hall–Kier alpha value is -1.63. The molecule has 1 aromatic heterocycles. The van der Waals surface area contributed by atoms with Crippen molar-refractivity contribution < 1.29 is 9.59 Å². The van der Waals surface area contributed by atoms with E-state index in [0.29, 0.717) is 6.04 Å². The van der Waals surface area contributed by atoms with Crippen LogP contribution >= 0.6 is 15.9 Å². The van der Waals surface area contributed by atoms with E-state index in [1.807, 2.05) is 12.1 Å². The normalized spacial score (nSPS) is 22.1. The molecule has 1 heterocycles. The summed E-state index contributed by atoms with van der Waals surface area (Å²) in [4.78, 5) is 26.6. The van der Waals surface area contributed by atoms with E-state index in [2.05, 4.69) is 31.5 Å². The van der Waals surface area contributed by atoms with Crippen LogP contribution in [0.3, 0.4) is 0 Å². The number of pyridine rings is 1. The summed E-state index contributed by atoms with van der Waals surface area (Å²) < 4.78 is 0.976. The van der Waals surface area contributed by atoms with Gasteiger partial charge in [-0.15, -0.1) is 0 Å². The molecule has 20 heavy (non-hydrogen) atoms. The first-order valence-electron chi connectivity index (χ1n) is 6.53. The Morgan fingerprint density at radius 3 is 2.60 bits per heavy atom. The molecule has 0 unspecified atom stereocenters. The third kappa shape index (κ3) is 4.19. The molecular weight excluding hydrogens is 324 g/mol. The van der Waals surface area contributed by atoms with E-state index in [-0.39, 0.29) is 11.8 Å². The van der Waals surface area contributed by atoms with Gasteiger partial charge in [0.25, 0.3) is 0 Å². The van der Waals surface area contributed by atoms with Crippen molar-refractivity contribution in [2.75, 3.05) is 5.32 Å². The lowest BCUT2D eigenvalue weighted by Gasteiger charge is -2.28. The summed E-state index contributed by atoms with van der Waals surface area (Å²) in [6.45, 7) is 0. The average Bonchev–Trinajstić information content (AvgIpc) is 2.38. The largest absolute Gasteiger partial charge is 0.367 e. The first-order valence-corrected chi connectivity index (χ1v) is 7.32. The van der Waals surface area contributed by atoms with E-state index >= 15 is 0 Å². The maximum Gasteiger partial charge on any atom is 0.318 e. The number of primary amides is 1. The summed E-state index contributed by atoms with van der Waals surface area (Å²) in [5.41, 5.74) is 4.95. The zero-order valence-electron chi connectivity index (χ0n) is 10.9. The van der Waals surface area contributed by atoms with Crippen molar-refractivity contribution in [3.8, 4) is 0 Å². The first kappa shape index (κ1) is 14.8. The van der Waals surface area contributed by atoms with Gasteiger partial charge in [0.15, 0.2) is 0 Å². The predicted octanol–water partition coefficient (Wildman–Crippen LogP) is 2.01. The maximum atomic E-state index is 11.7. The fourth-order valence-corrected chi connectivity index (χ4v) is 2.75. The molecule has 0 aliphatic heterocycles. The van der Waals surface area contributed by atoms with Crippen LogP contribution in [-0.2, 0) is 4.79 Å². The third-order valence-corrected chi connectivity index (χ3v) is 3.91. The van der Waals surface area contributed by atoms with Crippen LogP contribution in [0.1, 0.15) is 25.7 Å². The lowest BCUT2D eigenvalue weighted by molar-refractivity contribution is -0.124. The molecule has 1 aromatic rings. The molecule has 6 nitrogen and oxygen atoms in total. The Bertz CT molecular complexity index is 501. The minimum atomic E-state index is -0.784. The second kappa shape index (κ2) is 6.69. The number of aromatic nitrogens is 1. The lowest BCUT2D eigenvalue weighted by atomic mass is 9.85. The van der Waals surface area contributed by atoms with E-state index in [9.17, 15) is 9.59 Å². The van der Waals surface area contributed by atoms with Gasteiger partial charge in [-0.3, -0.25) is 10.1 Å². The molecule has 0 aromatic carbocycles. The molecule has 1 saturated carbocycles. The number of hydrogen-bond acceptors (Lipinski definition) is 4. The number of nitrogens with zero attached hydrogens (tertiary/aromatic N) is 1. The number of halogens is 1. The van der Waals surface area contributed by atoms with Gasteiger partial charge in [-0.25, -0.2) is 9.78 Å². The van der Waals surface area contributed by atoms with Gasteiger partial charge in [0.2, 0.25) is 5.91 Å². The van der Waals surface area contributed by atoms with Gasteiger partial charge in [-0.1, -0.05) is 15.9 Å². The van der Waals surface area contributed by atoms with Gasteiger partial charge >= 0.3 is 6.03 Å². The number of nitrogens with one attached hydrogen (secondary N) is 2. The number of hydrogen-bond donors (Lipinski definition) is 3. The number of amides is 3. The highest BCUT2D eigenvalue weighted by Crippen LogP contribution is 2.26. The number of carbonyl (C=O) groups excluding carboxylic acids is 2. The van der Waals surface area contributed by atoms with Crippen molar-refractivity contribution in [1.29, 1.82) is 0 Å². The standard InChI is InChI=1S/C13H17BrN4O2/c14-9-5-6-16-11(7-9)17-10-3-1-8(2-4-10)12(19)18-13(15)20/h5-8,10H,1-4H2,(H,16,17)(H3,15,18,19,20). The summed E-state index contributed by atoms with van der Waals surface area (Å²) >= 11 is 3.40. The molecular formula is C13H17BrN4O2. The molecule has 0 saturated heterocycles. The summed E-state index contributed by atoms with van der Waals surface area (Å²) in [6, 6.07) is 3.31. The number of carbonyl (C=O) groups is 2. The van der Waals surface area contributed by atoms with Crippen LogP contribution in [0.4, 0.5) is 10.6 Å². The van der Waals surface area contributed by atoms with E-state index in [0.717, 1.165) is 36.0 Å². The van der Waals surface area contributed by atoms with Crippen LogP contribution < -0.4 is 16.4 Å². The summed E-state index contributed by atoms with van der Waals surface area (Å²) in [6.07, 6.45) is 4.95.